The molecule has 1 heterocycles. The highest BCUT2D eigenvalue weighted by Gasteiger charge is 2.10. The van der Waals surface area contributed by atoms with E-state index < -0.39 is 0 Å². The smallest absolute Gasteiger partial charge is 0.227 e. The number of hydrogen-bond donors (Lipinski definition) is 0. The highest BCUT2D eigenvalue weighted by molar-refractivity contribution is 6.34. The van der Waals surface area contributed by atoms with Gasteiger partial charge in [-0.05, 0) is 36.4 Å². The summed E-state index contributed by atoms with van der Waals surface area (Å²) in [5.41, 5.74) is 1.96. The Morgan fingerprint density at radius 2 is 1.82 bits per heavy atom. The van der Waals surface area contributed by atoms with Crippen molar-refractivity contribution in [1.82, 2.24) is 4.98 Å². The largest absolute Gasteiger partial charge is 0.435 e. The lowest BCUT2D eigenvalue weighted by molar-refractivity contribution is 0.616. The lowest BCUT2D eigenvalue weighted by atomic mass is 10.2. The van der Waals surface area contributed by atoms with Crippen molar-refractivity contribution in [2.45, 2.75) is 0 Å². The second kappa shape index (κ2) is 3.86. The minimum atomic E-state index is -0.289. The molecular weight excluding hydrogens is 241 g/mol. The molecule has 0 atom stereocenters. The normalized spacial score (nSPS) is 10.9. The van der Waals surface area contributed by atoms with Gasteiger partial charge in [-0.1, -0.05) is 17.7 Å². The van der Waals surface area contributed by atoms with Crippen molar-refractivity contribution in [2.24, 2.45) is 0 Å². The van der Waals surface area contributed by atoms with E-state index in [-0.39, 0.29) is 5.82 Å². The molecule has 3 aromatic rings. The van der Waals surface area contributed by atoms with Gasteiger partial charge in [-0.3, -0.25) is 0 Å². The summed E-state index contributed by atoms with van der Waals surface area (Å²) in [6.45, 7) is 0. The zero-order chi connectivity index (χ0) is 11.8. The van der Waals surface area contributed by atoms with Gasteiger partial charge in [0.05, 0.1) is 5.02 Å². The maximum absolute atomic E-state index is 12.8. The first-order valence-electron chi connectivity index (χ1n) is 5.05. The number of halogens is 2. The first kappa shape index (κ1) is 10.3. The van der Waals surface area contributed by atoms with E-state index in [9.17, 15) is 4.39 Å². The van der Waals surface area contributed by atoms with Gasteiger partial charge >= 0.3 is 0 Å². The zero-order valence-electron chi connectivity index (χ0n) is 8.65. The molecule has 17 heavy (non-hydrogen) atoms. The molecule has 84 valence electrons. The van der Waals surface area contributed by atoms with Gasteiger partial charge in [0, 0.05) is 5.56 Å². The summed E-state index contributed by atoms with van der Waals surface area (Å²) in [6, 6.07) is 11.3. The minimum absolute atomic E-state index is 0.289. The van der Waals surface area contributed by atoms with Gasteiger partial charge in [-0.2, -0.15) is 0 Å². The molecule has 0 saturated carbocycles. The van der Waals surface area contributed by atoms with Crippen molar-refractivity contribution in [3.05, 3.63) is 53.3 Å². The Balaban J connectivity index is 2.18. The van der Waals surface area contributed by atoms with Crippen molar-refractivity contribution in [1.29, 1.82) is 0 Å². The fourth-order valence-corrected chi connectivity index (χ4v) is 1.84. The van der Waals surface area contributed by atoms with E-state index in [2.05, 4.69) is 4.98 Å². The summed E-state index contributed by atoms with van der Waals surface area (Å²) in [5, 5.41) is 0.517. The van der Waals surface area contributed by atoms with E-state index in [1.165, 1.54) is 12.1 Å². The Morgan fingerprint density at radius 1 is 1.06 bits per heavy atom. The Morgan fingerprint density at radius 3 is 2.53 bits per heavy atom. The Hall–Kier alpha value is -1.87. The quantitative estimate of drug-likeness (QED) is 0.641. The van der Waals surface area contributed by atoms with Crippen molar-refractivity contribution >= 4 is 22.7 Å². The Labute approximate surface area is 102 Å². The van der Waals surface area contributed by atoms with Crippen LogP contribution < -0.4 is 0 Å². The molecule has 0 amide bonds. The van der Waals surface area contributed by atoms with Gasteiger partial charge in [-0.15, -0.1) is 0 Å². The summed E-state index contributed by atoms with van der Waals surface area (Å²) < 4.78 is 18.4. The van der Waals surface area contributed by atoms with Crippen molar-refractivity contribution in [3.63, 3.8) is 0 Å². The summed E-state index contributed by atoms with van der Waals surface area (Å²) in [7, 11) is 0. The molecule has 0 aliphatic carbocycles. The summed E-state index contributed by atoms with van der Waals surface area (Å²) >= 11 is 5.99. The number of hydrogen-bond acceptors (Lipinski definition) is 2. The molecule has 0 radical (unpaired) electrons. The van der Waals surface area contributed by atoms with E-state index in [0.29, 0.717) is 22.0 Å². The van der Waals surface area contributed by atoms with E-state index >= 15 is 0 Å². The Bertz CT molecular complexity index is 675. The van der Waals surface area contributed by atoms with Crippen molar-refractivity contribution < 1.29 is 8.81 Å². The van der Waals surface area contributed by atoms with Crippen LogP contribution in [0.15, 0.2) is 46.9 Å². The highest BCUT2D eigenvalue weighted by Crippen LogP contribution is 2.28. The van der Waals surface area contributed by atoms with Gasteiger partial charge in [0.1, 0.15) is 11.3 Å². The van der Waals surface area contributed by atoms with E-state index in [0.717, 1.165) is 5.56 Å². The lowest BCUT2D eigenvalue weighted by Crippen LogP contribution is -1.77. The third-order valence-corrected chi connectivity index (χ3v) is 2.76. The summed E-state index contributed by atoms with van der Waals surface area (Å²) in [5.74, 6) is 0.149. The molecule has 0 saturated heterocycles. The molecule has 3 rings (SSSR count). The zero-order valence-corrected chi connectivity index (χ0v) is 9.41. The number of rotatable bonds is 1. The van der Waals surface area contributed by atoms with Gasteiger partial charge < -0.3 is 4.42 Å². The average Bonchev–Trinajstić information content (AvgIpc) is 2.75. The number of aromatic nitrogens is 1. The van der Waals surface area contributed by atoms with Gasteiger partial charge in [0.15, 0.2) is 5.58 Å². The molecule has 0 aliphatic heterocycles. The topological polar surface area (TPSA) is 26.0 Å². The first-order valence-corrected chi connectivity index (χ1v) is 5.43. The molecule has 0 spiro atoms. The second-order valence-corrected chi connectivity index (χ2v) is 4.02. The molecule has 0 unspecified atom stereocenters. The summed E-state index contributed by atoms with van der Waals surface area (Å²) in [4.78, 5) is 4.30. The molecule has 0 N–H and O–H groups in total. The number of para-hydroxylation sites is 1. The van der Waals surface area contributed by atoms with Crippen LogP contribution in [0.2, 0.25) is 5.02 Å². The highest BCUT2D eigenvalue weighted by atomic mass is 35.5. The molecule has 1 aromatic heterocycles. The predicted octanol–water partition coefficient (Wildman–Crippen LogP) is 4.29. The third-order valence-electron chi connectivity index (χ3n) is 2.46. The minimum Gasteiger partial charge on any atom is -0.435 e. The molecule has 0 bridgehead atoms. The second-order valence-electron chi connectivity index (χ2n) is 3.61. The molecule has 0 aliphatic rings. The van der Waals surface area contributed by atoms with Gasteiger partial charge in [0.25, 0.3) is 0 Å². The van der Waals surface area contributed by atoms with Crippen LogP contribution in [0.5, 0.6) is 0 Å². The van der Waals surface area contributed by atoms with Crippen LogP contribution in [-0.4, -0.2) is 4.98 Å². The molecule has 4 heteroatoms. The number of benzene rings is 2. The number of oxazole rings is 1. The maximum atomic E-state index is 12.8. The lowest BCUT2D eigenvalue weighted by Gasteiger charge is -1.93. The molecule has 2 aromatic carbocycles. The van der Waals surface area contributed by atoms with Crippen LogP contribution >= 0.6 is 11.6 Å². The van der Waals surface area contributed by atoms with Gasteiger partial charge in [-0.25, -0.2) is 9.37 Å². The SMILES string of the molecule is Fc1ccc(-c2nc3cccc(Cl)c3o2)cc1. The standard InChI is InChI=1S/C13H7ClFNO/c14-10-2-1-3-11-12(10)17-13(16-11)8-4-6-9(15)7-5-8/h1-7H. The van der Waals surface area contributed by atoms with Crippen molar-refractivity contribution in [3.8, 4) is 11.5 Å². The first-order chi connectivity index (χ1) is 8.24. The van der Waals surface area contributed by atoms with E-state index in [1.807, 2.05) is 12.1 Å². The van der Waals surface area contributed by atoms with Crippen LogP contribution in [0.3, 0.4) is 0 Å². The van der Waals surface area contributed by atoms with Crippen LogP contribution in [0.25, 0.3) is 22.6 Å². The van der Waals surface area contributed by atoms with Gasteiger partial charge in [0.2, 0.25) is 5.89 Å². The van der Waals surface area contributed by atoms with Crippen LogP contribution in [0, 0.1) is 5.82 Å². The summed E-state index contributed by atoms with van der Waals surface area (Å²) in [6.07, 6.45) is 0. The van der Waals surface area contributed by atoms with E-state index in [1.54, 1.807) is 18.2 Å². The van der Waals surface area contributed by atoms with Crippen LogP contribution in [0.1, 0.15) is 0 Å². The maximum Gasteiger partial charge on any atom is 0.227 e. The fourth-order valence-electron chi connectivity index (χ4n) is 1.63. The fraction of sp³-hybridized carbons (Fsp3) is 0. The Kier molecular flexibility index (Phi) is 2.34. The molecule has 0 fully saturated rings. The number of nitrogens with zero attached hydrogens (tertiary/aromatic N) is 1. The average molecular weight is 248 g/mol. The van der Waals surface area contributed by atoms with Crippen LogP contribution in [-0.2, 0) is 0 Å². The van der Waals surface area contributed by atoms with E-state index in [4.69, 9.17) is 16.0 Å². The predicted molar refractivity (Wildman–Crippen MR) is 64.4 cm³/mol. The monoisotopic (exact) mass is 247 g/mol. The van der Waals surface area contributed by atoms with Crippen molar-refractivity contribution in [2.75, 3.05) is 0 Å². The van der Waals surface area contributed by atoms with Crippen LogP contribution in [0.4, 0.5) is 4.39 Å². The number of fused-ring (bicyclic) bond motifs is 1. The third kappa shape index (κ3) is 1.78. The molecule has 2 nitrogen and oxygen atoms in total. The molecular formula is C13H7ClFNO.